The van der Waals surface area contributed by atoms with Crippen LogP contribution in [-0.4, -0.2) is 24.8 Å². The highest BCUT2D eigenvalue weighted by Crippen LogP contribution is 2.18. The van der Waals surface area contributed by atoms with Gasteiger partial charge in [0.15, 0.2) is 11.7 Å². The summed E-state index contributed by atoms with van der Waals surface area (Å²) in [4.78, 5) is 4.27. The topological polar surface area (TPSA) is 71.7 Å². The van der Waals surface area contributed by atoms with E-state index in [0.29, 0.717) is 18.4 Å². The number of aromatic nitrogens is 1. The lowest BCUT2D eigenvalue weighted by molar-refractivity contribution is 0.271. The minimum Gasteiger partial charge on any atom is -0.493 e. The summed E-state index contributed by atoms with van der Waals surface area (Å²) >= 11 is 0. The highest BCUT2D eigenvalue weighted by molar-refractivity contribution is 14.0. The zero-order valence-electron chi connectivity index (χ0n) is 16.8. The van der Waals surface area contributed by atoms with Crippen LogP contribution in [0.1, 0.15) is 50.8 Å². The lowest BCUT2D eigenvalue weighted by Gasteiger charge is -2.18. The largest absolute Gasteiger partial charge is 0.493 e. The van der Waals surface area contributed by atoms with Crippen molar-refractivity contribution in [2.75, 3.05) is 13.7 Å². The Labute approximate surface area is 179 Å². The minimum atomic E-state index is 0. The number of hydrogen-bond acceptors (Lipinski definition) is 4. The molecule has 0 radical (unpaired) electrons. The van der Waals surface area contributed by atoms with Crippen LogP contribution in [0.4, 0.5) is 0 Å². The fraction of sp³-hybridized carbons (Fsp3) is 0.500. The van der Waals surface area contributed by atoms with Gasteiger partial charge in [0.05, 0.1) is 24.9 Å². The summed E-state index contributed by atoms with van der Waals surface area (Å²) in [5, 5.41) is 10.6. The molecule has 2 N–H and O–H groups in total. The number of hydrogen-bond donors (Lipinski definition) is 2. The van der Waals surface area contributed by atoms with Crippen LogP contribution in [0.25, 0.3) is 0 Å². The first-order valence-corrected chi connectivity index (χ1v) is 9.16. The van der Waals surface area contributed by atoms with E-state index in [9.17, 15) is 0 Å². The van der Waals surface area contributed by atoms with Gasteiger partial charge in [0.1, 0.15) is 5.75 Å². The molecule has 1 atom stereocenters. The summed E-state index contributed by atoms with van der Waals surface area (Å²) in [6.45, 7) is 9.70. The highest BCUT2D eigenvalue weighted by atomic mass is 127. The van der Waals surface area contributed by atoms with Crippen LogP contribution in [0, 0.1) is 5.92 Å². The molecule has 0 aliphatic carbocycles. The molecule has 6 nitrogen and oxygen atoms in total. The van der Waals surface area contributed by atoms with Crippen molar-refractivity contribution in [2.24, 2.45) is 10.9 Å². The van der Waals surface area contributed by atoms with Gasteiger partial charge in [-0.1, -0.05) is 38.1 Å². The van der Waals surface area contributed by atoms with Gasteiger partial charge < -0.3 is 19.9 Å². The lowest BCUT2D eigenvalue weighted by Crippen LogP contribution is -2.38. The molecule has 0 aliphatic rings. The number of rotatable bonds is 8. The molecule has 0 amide bonds. The number of halogens is 1. The molecular weight excluding hydrogens is 455 g/mol. The fourth-order valence-electron chi connectivity index (χ4n) is 2.38. The number of nitrogens with zero attached hydrogens (tertiary/aromatic N) is 2. The summed E-state index contributed by atoms with van der Waals surface area (Å²) in [5.41, 5.74) is 2.12. The number of aryl methyl sites for hydroxylation is 1. The first-order chi connectivity index (χ1) is 12.5. The maximum absolute atomic E-state index is 5.73. The monoisotopic (exact) mass is 486 g/mol. The number of aliphatic imine (C=N–C) groups is 1. The number of ether oxygens (including phenoxy) is 1. The third-order valence-electron chi connectivity index (χ3n) is 3.94. The Bertz CT molecular complexity index is 698. The van der Waals surface area contributed by atoms with Crippen LogP contribution in [0.15, 0.2) is 39.8 Å². The Morgan fingerprint density at radius 3 is 2.48 bits per heavy atom. The molecule has 1 aromatic heterocycles. The van der Waals surface area contributed by atoms with Gasteiger partial charge in [-0.3, -0.25) is 4.99 Å². The normalized spacial score (nSPS) is 12.4. The molecule has 2 aromatic rings. The highest BCUT2D eigenvalue weighted by Gasteiger charge is 2.09. The van der Waals surface area contributed by atoms with Crippen molar-refractivity contribution in [1.29, 1.82) is 0 Å². The SMILES string of the molecule is CCc1cc(CNC(=NC)NC(C)c2ccc(OCC(C)C)cc2)on1.I. The molecule has 1 aromatic carbocycles. The standard InChI is InChI=1S/C20H30N4O2.HI/c1-6-17-11-19(26-24-17)12-22-20(21-5)23-15(4)16-7-9-18(10-8-16)25-13-14(2)3;/h7-11,14-15H,6,12-13H2,1-5H3,(H2,21,22,23);1H. The molecule has 1 heterocycles. The van der Waals surface area contributed by atoms with Crippen molar-refractivity contribution in [2.45, 2.75) is 46.7 Å². The van der Waals surface area contributed by atoms with Gasteiger partial charge in [0.2, 0.25) is 0 Å². The average molecular weight is 486 g/mol. The molecule has 0 saturated heterocycles. The maximum atomic E-state index is 5.73. The third-order valence-corrected chi connectivity index (χ3v) is 3.94. The Kier molecular flexibility index (Phi) is 10.2. The first-order valence-electron chi connectivity index (χ1n) is 9.16. The summed E-state index contributed by atoms with van der Waals surface area (Å²) < 4.78 is 11.0. The molecule has 2 rings (SSSR count). The predicted octanol–water partition coefficient (Wildman–Crippen LogP) is 4.32. The summed E-state index contributed by atoms with van der Waals surface area (Å²) in [6.07, 6.45) is 0.865. The van der Waals surface area contributed by atoms with Crippen molar-refractivity contribution in [1.82, 2.24) is 15.8 Å². The number of guanidine groups is 1. The fourth-order valence-corrected chi connectivity index (χ4v) is 2.38. The first kappa shape index (κ1) is 23.3. The molecule has 0 fully saturated rings. The molecular formula is C20H31IN4O2. The van der Waals surface area contributed by atoms with Gasteiger partial charge in [-0.25, -0.2) is 0 Å². The van der Waals surface area contributed by atoms with Gasteiger partial charge in [0.25, 0.3) is 0 Å². The van der Waals surface area contributed by atoms with Crippen LogP contribution in [0.5, 0.6) is 5.75 Å². The zero-order valence-corrected chi connectivity index (χ0v) is 19.1. The van der Waals surface area contributed by atoms with E-state index in [0.717, 1.165) is 35.8 Å². The van der Waals surface area contributed by atoms with E-state index in [1.54, 1.807) is 7.05 Å². The second-order valence-electron chi connectivity index (χ2n) is 6.70. The van der Waals surface area contributed by atoms with Crippen LogP contribution in [0.2, 0.25) is 0 Å². The average Bonchev–Trinajstić information content (AvgIpc) is 3.11. The Morgan fingerprint density at radius 2 is 1.93 bits per heavy atom. The van der Waals surface area contributed by atoms with Crippen LogP contribution >= 0.6 is 24.0 Å². The van der Waals surface area contributed by atoms with Gasteiger partial charge in [0, 0.05) is 13.1 Å². The third kappa shape index (κ3) is 7.78. The Hall–Kier alpha value is -1.77. The van der Waals surface area contributed by atoms with Gasteiger partial charge >= 0.3 is 0 Å². The quantitative estimate of drug-likeness (QED) is 0.331. The molecule has 150 valence electrons. The summed E-state index contributed by atoms with van der Waals surface area (Å²) in [5.74, 6) is 2.92. The van der Waals surface area contributed by atoms with Crippen molar-refractivity contribution in [3.63, 3.8) is 0 Å². The molecule has 27 heavy (non-hydrogen) atoms. The van der Waals surface area contributed by atoms with E-state index >= 15 is 0 Å². The second-order valence-corrected chi connectivity index (χ2v) is 6.70. The number of benzene rings is 1. The lowest BCUT2D eigenvalue weighted by atomic mass is 10.1. The van der Waals surface area contributed by atoms with E-state index in [4.69, 9.17) is 9.26 Å². The molecule has 0 spiro atoms. The van der Waals surface area contributed by atoms with E-state index in [2.05, 4.69) is 60.6 Å². The van der Waals surface area contributed by atoms with Crippen molar-refractivity contribution >= 4 is 29.9 Å². The predicted molar refractivity (Wildman–Crippen MR) is 120 cm³/mol. The summed E-state index contributed by atoms with van der Waals surface area (Å²) in [6, 6.07) is 10.2. The van der Waals surface area contributed by atoms with Crippen molar-refractivity contribution < 1.29 is 9.26 Å². The van der Waals surface area contributed by atoms with Crippen molar-refractivity contribution in [3.05, 3.63) is 47.3 Å². The van der Waals surface area contributed by atoms with Gasteiger partial charge in [-0.05, 0) is 37.0 Å². The van der Waals surface area contributed by atoms with Gasteiger partial charge in [-0.15, -0.1) is 24.0 Å². The molecule has 0 aliphatic heterocycles. The van der Waals surface area contributed by atoms with Crippen molar-refractivity contribution in [3.8, 4) is 5.75 Å². The van der Waals surface area contributed by atoms with Crippen LogP contribution in [0.3, 0.4) is 0 Å². The zero-order chi connectivity index (χ0) is 18.9. The molecule has 7 heteroatoms. The molecule has 1 unspecified atom stereocenters. The van der Waals surface area contributed by atoms with E-state index in [1.807, 2.05) is 18.2 Å². The van der Waals surface area contributed by atoms with Crippen LogP contribution in [-0.2, 0) is 13.0 Å². The molecule has 0 saturated carbocycles. The van der Waals surface area contributed by atoms with Gasteiger partial charge in [-0.2, -0.15) is 0 Å². The molecule has 0 bridgehead atoms. The second kappa shape index (κ2) is 11.8. The van der Waals surface area contributed by atoms with E-state index in [-0.39, 0.29) is 30.0 Å². The number of nitrogens with one attached hydrogen (secondary N) is 2. The Morgan fingerprint density at radius 1 is 1.22 bits per heavy atom. The smallest absolute Gasteiger partial charge is 0.191 e. The van der Waals surface area contributed by atoms with E-state index < -0.39 is 0 Å². The van der Waals surface area contributed by atoms with E-state index in [1.165, 1.54) is 0 Å². The summed E-state index contributed by atoms with van der Waals surface area (Å²) in [7, 11) is 1.75. The minimum absolute atomic E-state index is 0. The maximum Gasteiger partial charge on any atom is 0.191 e. The van der Waals surface area contributed by atoms with Crippen LogP contribution < -0.4 is 15.4 Å². The Balaban J connectivity index is 0.00000364.